The molecule has 1 aliphatic heterocycles. The van der Waals surface area contributed by atoms with E-state index in [9.17, 15) is 13.2 Å². The molecule has 5 nitrogen and oxygen atoms in total. The zero-order chi connectivity index (χ0) is 14.9. The molecule has 0 aromatic carbocycles. The van der Waals surface area contributed by atoms with Gasteiger partial charge in [-0.05, 0) is 37.8 Å². The lowest BCUT2D eigenvalue weighted by atomic mass is 9.82. The Bertz CT molecular complexity index is 615. The van der Waals surface area contributed by atoms with E-state index >= 15 is 0 Å². The van der Waals surface area contributed by atoms with Crippen molar-refractivity contribution in [2.24, 2.45) is 5.92 Å². The van der Waals surface area contributed by atoms with Gasteiger partial charge in [0.15, 0.2) is 0 Å². The third-order valence-electron chi connectivity index (χ3n) is 4.56. The molecule has 114 valence electrons. The Morgan fingerprint density at radius 3 is 2.76 bits per heavy atom. The van der Waals surface area contributed by atoms with E-state index in [1.54, 1.807) is 18.3 Å². The molecular formula is C15H20N2O3S. The zero-order valence-corrected chi connectivity index (χ0v) is 12.8. The lowest BCUT2D eigenvalue weighted by molar-refractivity contribution is -0.126. The average Bonchev–Trinajstić information content (AvgIpc) is 2.99. The van der Waals surface area contributed by atoms with Gasteiger partial charge in [-0.3, -0.25) is 9.78 Å². The molecule has 2 aliphatic rings. The van der Waals surface area contributed by atoms with Gasteiger partial charge < -0.3 is 0 Å². The van der Waals surface area contributed by atoms with Crippen LogP contribution in [-0.2, 0) is 14.8 Å². The summed E-state index contributed by atoms with van der Waals surface area (Å²) in [6.07, 6.45) is 7.94. The fourth-order valence-corrected chi connectivity index (χ4v) is 5.21. The minimum atomic E-state index is -3.54. The molecule has 6 heteroatoms. The highest BCUT2D eigenvalue weighted by Gasteiger charge is 2.42. The van der Waals surface area contributed by atoms with Crippen molar-refractivity contribution in [3.8, 4) is 0 Å². The van der Waals surface area contributed by atoms with E-state index in [4.69, 9.17) is 0 Å². The second kappa shape index (κ2) is 5.85. The first kappa shape index (κ1) is 14.7. The van der Waals surface area contributed by atoms with Crippen molar-refractivity contribution in [2.45, 2.75) is 49.5 Å². The maximum atomic E-state index is 12.8. The number of ketones is 1. The Hall–Kier alpha value is -1.27. The van der Waals surface area contributed by atoms with E-state index in [2.05, 4.69) is 4.98 Å². The first-order chi connectivity index (χ1) is 10.1. The van der Waals surface area contributed by atoms with E-state index < -0.39 is 10.0 Å². The Balaban J connectivity index is 1.88. The fourth-order valence-electron chi connectivity index (χ4n) is 3.52. The normalized spacial score (nSPS) is 27.9. The van der Waals surface area contributed by atoms with Crippen molar-refractivity contribution in [2.75, 3.05) is 6.54 Å². The molecule has 2 fully saturated rings. The summed E-state index contributed by atoms with van der Waals surface area (Å²) in [5.41, 5.74) is 0. The number of hydrogen-bond donors (Lipinski definition) is 0. The SMILES string of the molecule is O=C1CCCCC1C1CCCN1S(=O)(=O)c1cccnc1. The van der Waals surface area contributed by atoms with Crippen LogP contribution >= 0.6 is 0 Å². The molecule has 1 aliphatic carbocycles. The first-order valence-electron chi connectivity index (χ1n) is 7.55. The summed E-state index contributed by atoms with van der Waals surface area (Å²) in [4.78, 5) is 16.3. The van der Waals surface area contributed by atoms with E-state index in [0.717, 1.165) is 32.1 Å². The number of carbonyl (C=O) groups is 1. The summed E-state index contributed by atoms with van der Waals surface area (Å²) in [7, 11) is -3.54. The van der Waals surface area contributed by atoms with Gasteiger partial charge in [-0.1, -0.05) is 6.42 Å². The van der Waals surface area contributed by atoms with Crippen LogP contribution in [0, 0.1) is 5.92 Å². The Labute approximate surface area is 125 Å². The largest absolute Gasteiger partial charge is 0.299 e. The van der Waals surface area contributed by atoms with Gasteiger partial charge >= 0.3 is 0 Å². The zero-order valence-electron chi connectivity index (χ0n) is 11.9. The van der Waals surface area contributed by atoms with Crippen LogP contribution in [0.25, 0.3) is 0 Å². The number of nitrogens with zero attached hydrogens (tertiary/aromatic N) is 2. The van der Waals surface area contributed by atoms with Crippen molar-refractivity contribution in [1.29, 1.82) is 0 Å². The van der Waals surface area contributed by atoms with Crippen LogP contribution in [-0.4, -0.2) is 36.1 Å². The standard InChI is InChI=1S/C15H20N2O3S/c18-15-8-2-1-6-13(15)14-7-4-10-17(14)21(19,20)12-5-3-9-16-11-12/h3,5,9,11,13-14H,1-2,4,6-8,10H2. The van der Waals surface area contributed by atoms with Crippen LogP contribution in [0.3, 0.4) is 0 Å². The van der Waals surface area contributed by atoms with Gasteiger partial charge in [0.1, 0.15) is 10.7 Å². The highest BCUT2D eigenvalue weighted by Crippen LogP contribution is 2.35. The van der Waals surface area contributed by atoms with Crippen molar-refractivity contribution in [3.05, 3.63) is 24.5 Å². The maximum absolute atomic E-state index is 12.8. The fraction of sp³-hybridized carbons (Fsp3) is 0.600. The van der Waals surface area contributed by atoms with Crippen LogP contribution in [0.4, 0.5) is 0 Å². The van der Waals surface area contributed by atoms with Gasteiger partial charge in [-0.2, -0.15) is 4.31 Å². The van der Waals surface area contributed by atoms with Gasteiger partial charge in [0.05, 0.1) is 0 Å². The minimum absolute atomic E-state index is 0.118. The summed E-state index contributed by atoms with van der Waals surface area (Å²) in [5.74, 6) is 0.118. The average molecular weight is 308 g/mol. The smallest absolute Gasteiger partial charge is 0.244 e. The molecule has 3 rings (SSSR count). The third-order valence-corrected chi connectivity index (χ3v) is 6.46. The molecule has 2 atom stereocenters. The van der Waals surface area contributed by atoms with Crippen LogP contribution in [0.5, 0.6) is 0 Å². The lowest BCUT2D eigenvalue weighted by Gasteiger charge is -2.32. The molecule has 0 amide bonds. The van der Waals surface area contributed by atoms with Gasteiger partial charge in [0.2, 0.25) is 10.0 Å². The summed E-state index contributed by atoms with van der Waals surface area (Å²) >= 11 is 0. The van der Waals surface area contributed by atoms with Crippen molar-refractivity contribution < 1.29 is 13.2 Å². The van der Waals surface area contributed by atoms with Crippen molar-refractivity contribution in [3.63, 3.8) is 0 Å². The lowest BCUT2D eigenvalue weighted by Crippen LogP contribution is -2.43. The molecule has 0 radical (unpaired) electrons. The summed E-state index contributed by atoms with van der Waals surface area (Å²) < 4.78 is 27.1. The van der Waals surface area contributed by atoms with Gasteiger partial charge in [0, 0.05) is 37.3 Å². The summed E-state index contributed by atoms with van der Waals surface area (Å²) in [6, 6.07) is 3.03. The van der Waals surface area contributed by atoms with Crippen LogP contribution in [0.2, 0.25) is 0 Å². The second-order valence-electron chi connectivity index (χ2n) is 5.83. The van der Waals surface area contributed by atoms with E-state index in [1.165, 1.54) is 10.5 Å². The van der Waals surface area contributed by atoms with E-state index in [1.807, 2.05) is 0 Å². The number of sulfonamides is 1. The van der Waals surface area contributed by atoms with Gasteiger partial charge in [-0.25, -0.2) is 8.42 Å². The van der Waals surface area contributed by atoms with Crippen LogP contribution < -0.4 is 0 Å². The molecule has 1 saturated carbocycles. The van der Waals surface area contributed by atoms with E-state index in [-0.39, 0.29) is 22.6 Å². The van der Waals surface area contributed by atoms with Gasteiger partial charge in [0.25, 0.3) is 0 Å². The number of aromatic nitrogens is 1. The first-order valence-corrected chi connectivity index (χ1v) is 8.99. The number of Topliss-reactive ketones (excluding diaryl/α,β-unsaturated/α-hetero) is 1. The second-order valence-corrected chi connectivity index (χ2v) is 7.72. The van der Waals surface area contributed by atoms with Crippen molar-refractivity contribution in [1.82, 2.24) is 9.29 Å². The topological polar surface area (TPSA) is 67.3 Å². The number of hydrogen-bond acceptors (Lipinski definition) is 4. The van der Waals surface area contributed by atoms with Crippen LogP contribution in [0.1, 0.15) is 38.5 Å². The number of rotatable bonds is 3. The minimum Gasteiger partial charge on any atom is -0.299 e. The summed E-state index contributed by atoms with van der Waals surface area (Å²) in [6.45, 7) is 0.506. The highest BCUT2D eigenvalue weighted by molar-refractivity contribution is 7.89. The molecule has 1 aromatic rings. The predicted molar refractivity (Wildman–Crippen MR) is 78.1 cm³/mol. The van der Waals surface area contributed by atoms with Crippen LogP contribution in [0.15, 0.2) is 29.4 Å². The number of carbonyl (C=O) groups excluding carboxylic acids is 1. The molecule has 1 aromatic heterocycles. The quantitative estimate of drug-likeness (QED) is 0.856. The number of pyridine rings is 1. The maximum Gasteiger partial charge on any atom is 0.244 e. The molecule has 0 bridgehead atoms. The predicted octanol–water partition coefficient (Wildman–Crippen LogP) is 1.99. The molecular weight excluding hydrogens is 288 g/mol. The Kier molecular flexibility index (Phi) is 4.08. The molecule has 2 unspecified atom stereocenters. The van der Waals surface area contributed by atoms with Gasteiger partial charge in [-0.15, -0.1) is 0 Å². The molecule has 1 saturated heterocycles. The molecule has 0 N–H and O–H groups in total. The Morgan fingerprint density at radius 2 is 2.05 bits per heavy atom. The van der Waals surface area contributed by atoms with Crippen molar-refractivity contribution >= 4 is 15.8 Å². The molecule has 2 heterocycles. The molecule has 0 spiro atoms. The third kappa shape index (κ3) is 2.74. The highest BCUT2D eigenvalue weighted by atomic mass is 32.2. The monoisotopic (exact) mass is 308 g/mol. The summed E-state index contributed by atoms with van der Waals surface area (Å²) in [5, 5.41) is 0. The molecule has 21 heavy (non-hydrogen) atoms. The van der Waals surface area contributed by atoms with E-state index in [0.29, 0.717) is 13.0 Å². The Morgan fingerprint density at radius 1 is 1.19 bits per heavy atom.